The van der Waals surface area contributed by atoms with Gasteiger partial charge in [-0.05, 0) is 38.7 Å². The minimum atomic E-state index is -0.347. The van der Waals surface area contributed by atoms with Crippen LogP contribution >= 0.6 is 0 Å². The van der Waals surface area contributed by atoms with Crippen molar-refractivity contribution >= 4 is 12.6 Å². The van der Waals surface area contributed by atoms with E-state index in [4.69, 9.17) is 9.31 Å². The molecule has 1 aliphatic rings. The van der Waals surface area contributed by atoms with Crippen molar-refractivity contribution < 1.29 is 9.31 Å². The van der Waals surface area contributed by atoms with E-state index in [-0.39, 0.29) is 23.7 Å². The molecule has 1 fully saturated rings. The van der Waals surface area contributed by atoms with Crippen molar-refractivity contribution in [3.63, 3.8) is 0 Å². The minimum Gasteiger partial charge on any atom is -0.399 e. The van der Waals surface area contributed by atoms with Crippen molar-refractivity contribution in [2.24, 2.45) is 5.41 Å². The minimum absolute atomic E-state index is 0.275. The number of nitrogens with one attached hydrogen (secondary N) is 1. The molecule has 1 aromatic rings. The second kappa shape index (κ2) is 5.95. The van der Waals surface area contributed by atoms with Crippen LogP contribution in [0.3, 0.4) is 0 Å². The molecule has 1 N–H and O–H groups in total. The second-order valence-electron chi connectivity index (χ2n) is 8.38. The number of nitrogens with zero attached hydrogens (tertiary/aromatic N) is 1. The van der Waals surface area contributed by atoms with Gasteiger partial charge in [-0.1, -0.05) is 26.8 Å². The Bertz CT molecular complexity index is 508. The molecule has 0 amide bonds. The Hall–Kier alpha value is -0.905. The molecular formula is C17H29BN2O2. The summed E-state index contributed by atoms with van der Waals surface area (Å²) in [5, 5.41) is 3.47. The standard InChI is InChI=1S/C17H29BN2O2/c1-15(2,3)12-20-10-13-8-14(11-19-9-13)18-21-16(4,5)17(6,7)22-18/h8-9,11,20H,10,12H2,1-7H3. The van der Waals surface area contributed by atoms with Gasteiger partial charge >= 0.3 is 7.12 Å². The molecule has 0 spiro atoms. The van der Waals surface area contributed by atoms with Crippen LogP contribution in [-0.4, -0.2) is 29.8 Å². The van der Waals surface area contributed by atoms with Gasteiger partial charge in [0, 0.05) is 30.9 Å². The molecule has 0 bridgehead atoms. The lowest BCUT2D eigenvalue weighted by atomic mass is 9.80. The first-order valence-electron chi connectivity index (χ1n) is 8.00. The van der Waals surface area contributed by atoms with Gasteiger partial charge in [0.2, 0.25) is 0 Å². The van der Waals surface area contributed by atoms with Crippen LogP contribution in [0.1, 0.15) is 54.0 Å². The van der Waals surface area contributed by atoms with Crippen LogP contribution in [0.25, 0.3) is 0 Å². The number of aromatic nitrogens is 1. The van der Waals surface area contributed by atoms with Gasteiger partial charge in [0.15, 0.2) is 0 Å². The monoisotopic (exact) mass is 304 g/mol. The smallest absolute Gasteiger partial charge is 0.399 e. The summed E-state index contributed by atoms with van der Waals surface area (Å²) in [6.07, 6.45) is 3.72. The molecule has 1 aliphatic heterocycles. The van der Waals surface area contributed by atoms with Crippen LogP contribution in [0.4, 0.5) is 0 Å². The Morgan fingerprint density at radius 3 is 2.23 bits per heavy atom. The quantitative estimate of drug-likeness (QED) is 0.868. The molecule has 4 nitrogen and oxygen atoms in total. The van der Waals surface area contributed by atoms with Crippen LogP contribution in [0, 0.1) is 5.41 Å². The van der Waals surface area contributed by atoms with Gasteiger partial charge < -0.3 is 14.6 Å². The van der Waals surface area contributed by atoms with E-state index in [1.165, 1.54) is 0 Å². The first kappa shape index (κ1) is 17.4. The van der Waals surface area contributed by atoms with Gasteiger partial charge in [-0.2, -0.15) is 0 Å². The van der Waals surface area contributed by atoms with E-state index in [2.05, 4.69) is 64.8 Å². The third kappa shape index (κ3) is 4.09. The molecule has 0 aliphatic carbocycles. The normalized spacial score (nSPS) is 20.4. The lowest BCUT2D eigenvalue weighted by Gasteiger charge is -2.32. The van der Waals surface area contributed by atoms with Gasteiger partial charge in [0.05, 0.1) is 11.2 Å². The van der Waals surface area contributed by atoms with Crippen molar-refractivity contribution in [3.05, 3.63) is 24.0 Å². The van der Waals surface area contributed by atoms with E-state index in [0.717, 1.165) is 24.1 Å². The zero-order valence-corrected chi connectivity index (χ0v) is 15.0. The van der Waals surface area contributed by atoms with Crippen molar-refractivity contribution in [2.45, 2.75) is 66.2 Å². The van der Waals surface area contributed by atoms with Gasteiger partial charge in [-0.3, -0.25) is 4.98 Å². The molecule has 1 saturated heterocycles. The van der Waals surface area contributed by atoms with Crippen LogP contribution in [-0.2, 0) is 15.9 Å². The maximum Gasteiger partial charge on any atom is 0.496 e. The maximum atomic E-state index is 6.08. The molecule has 0 unspecified atom stereocenters. The highest BCUT2D eigenvalue weighted by Crippen LogP contribution is 2.36. The molecule has 22 heavy (non-hydrogen) atoms. The van der Waals surface area contributed by atoms with E-state index < -0.39 is 0 Å². The van der Waals surface area contributed by atoms with Crippen molar-refractivity contribution in [1.82, 2.24) is 10.3 Å². The first-order valence-corrected chi connectivity index (χ1v) is 8.00. The van der Waals surface area contributed by atoms with Crippen LogP contribution in [0.5, 0.6) is 0 Å². The van der Waals surface area contributed by atoms with E-state index in [1.54, 1.807) is 0 Å². The molecule has 0 saturated carbocycles. The number of rotatable bonds is 4. The molecule has 2 rings (SSSR count). The Kier molecular flexibility index (Phi) is 4.72. The van der Waals surface area contributed by atoms with Crippen LogP contribution in [0.2, 0.25) is 0 Å². The molecule has 5 heteroatoms. The van der Waals surface area contributed by atoms with E-state index in [0.29, 0.717) is 0 Å². The highest BCUT2D eigenvalue weighted by atomic mass is 16.7. The predicted octanol–water partition coefficient (Wildman–Crippen LogP) is 2.52. The fourth-order valence-electron chi connectivity index (χ4n) is 2.29. The first-order chi connectivity index (χ1) is 10.0. The summed E-state index contributed by atoms with van der Waals surface area (Å²) in [6, 6.07) is 2.12. The average molecular weight is 304 g/mol. The Balaban J connectivity index is 2.04. The third-order valence-corrected chi connectivity index (χ3v) is 4.33. The van der Waals surface area contributed by atoms with Gasteiger partial charge in [0.1, 0.15) is 0 Å². The average Bonchev–Trinajstić information content (AvgIpc) is 2.57. The maximum absolute atomic E-state index is 6.08. The molecule has 0 atom stereocenters. The SMILES string of the molecule is CC(C)(C)CNCc1cncc(B2OC(C)(C)C(C)(C)O2)c1. The summed E-state index contributed by atoms with van der Waals surface area (Å²) in [6.45, 7) is 16.7. The van der Waals surface area contributed by atoms with E-state index in [9.17, 15) is 0 Å². The summed E-state index contributed by atoms with van der Waals surface area (Å²) in [5.74, 6) is 0. The van der Waals surface area contributed by atoms with Crippen LogP contribution < -0.4 is 10.8 Å². The van der Waals surface area contributed by atoms with Crippen molar-refractivity contribution in [3.8, 4) is 0 Å². The number of hydrogen-bond acceptors (Lipinski definition) is 4. The Morgan fingerprint density at radius 2 is 1.68 bits per heavy atom. The highest BCUT2D eigenvalue weighted by Gasteiger charge is 2.51. The summed E-state index contributed by atoms with van der Waals surface area (Å²) in [7, 11) is -0.347. The lowest BCUT2D eigenvalue weighted by molar-refractivity contribution is 0.00578. The topological polar surface area (TPSA) is 43.4 Å². The van der Waals surface area contributed by atoms with Gasteiger partial charge in [-0.25, -0.2) is 0 Å². The lowest BCUT2D eigenvalue weighted by Crippen LogP contribution is -2.41. The zero-order chi connectivity index (χ0) is 16.6. The fraction of sp³-hybridized carbons (Fsp3) is 0.706. The Morgan fingerprint density at radius 1 is 1.09 bits per heavy atom. The van der Waals surface area contributed by atoms with Gasteiger partial charge in [-0.15, -0.1) is 0 Å². The van der Waals surface area contributed by atoms with Crippen LogP contribution in [0.15, 0.2) is 18.5 Å². The van der Waals surface area contributed by atoms with E-state index in [1.807, 2.05) is 12.4 Å². The summed E-state index contributed by atoms with van der Waals surface area (Å²) >= 11 is 0. The number of pyridine rings is 1. The van der Waals surface area contributed by atoms with Gasteiger partial charge in [0.25, 0.3) is 0 Å². The number of hydrogen-bond donors (Lipinski definition) is 1. The second-order valence-corrected chi connectivity index (χ2v) is 8.38. The summed E-state index contributed by atoms with van der Waals surface area (Å²) < 4.78 is 12.2. The molecular weight excluding hydrogens is 275 g/mol. The largest absolute Gasteiger partial charge is 0.496 e. The summed E-state index contributed by atoms with van der Waals surface area (Å²) in [4.78, 5) is 4.34. The zero-order valence-electron chi connectivity index (χ0n) is 15.0. The fourth-order valence-corrected chi connectivity index (χ4v) is 2.29. The van der Waals surface area contributed by atoms with Crippen molar-refractivity contribution in [2.75, 3.05) is 6.54 Å². The predicted molar refractivity (Wildman–Crippen MR) is 91.1 cm³/mol. The molecule has 0 radical (unpaired) electrons. The molecule has 2 heterocycles. The molecule has 122 valence electrons. The molecule has 1 aromatic heterocycles. The molecule has 0 aromatic carbocycles. The summed E-state index contributed by atoms with van der Waals surface area (Å²) in [5.41, 5.74) is 1.76. The van der Waals surface area contributed by atoms with E-state index >= 15 is 0 Å². The Labute approximate surface area is 135 Å². The van der Waals surface area contributed by atoms with Crippen molar-refractivity contribution in [1.29, 1.82) is 0 Å². The highest BCUT2D eigenvalue weighted by molar-refractivity contribution is 6.62. The third-order valence-electron chi connectivity index (χ3n) is 4.33.